The molecule has 104 valence electrons. The van der Waals surface area contributed by atoms with Crippen LogP contribution in [0.1, 0.15) is 29.6 Å². The van der Waals surface area contributed by atoms with Gasteiger partial charge in [-0.05, 0) is 42.9 Å². The van der Waals surface area contributed by atoms with Crippen molar-refractivity contribution in [2.75, 3.05) is 26.0 Å². The Balaban J connectivity index is 1.93. The number of hydrogen-bond donors (Lipinski definition) is 2. The molecule has 1 aliphatic carbocycles. The predicted molar refractivity (Wildman–Crippen MR) is 79.0 cm³/mol. The zero-order chi connectivity index (χ0) is 13.9. The Labute approximate surface area is 121 Å². The molecule has 1 aliphatic rings. The zero-order valence-electron chi connectivity index (χ0n) is 11.0. The Kier molecular flexibility index (Phi) is 4.47. The summed E-state index contributed by atoms with van der Waals surface area (Å²) in [4.78, 5) is 12.1. The fraction of sp³-hybridized carbons (Fsp3) is 0.500. The molecule has 0 atom stereocenters. The Morgan fingerprint density at radius 2 is 2.26 bits per heavy atom. The van der Waals surface area contributed by atoms with Gasteiger partial charge in [0.1, 0.15) is 0 Å². The van der Waals surface area contributed by atoms with Crippen molar-refractivity contribution in [1.82, 2.24) is 5.32 Å². The average molecular weight is 327 g/mol. The molecule has 5 heteroatoms. The number of ether oxygens (including phenoxy) is 1. The molecule has 0 heterocycles. The predicted octanol–water partition coefficient (Wildman–Crippen LogP) is 2.58. The SMILES string of the molecule is COCCC1(CNC(=O)c2cc(Br)ccc2N)CC1. The van der Waals surface area contributed by atoms with Gasteiger partial charge >= 0.3 is 0 Å². The molecular weight excluding hydrogens is 308 g/mol. The van der Waals surface area contributed by atoms with Gasteiger partial charge in [0.25, 0.3) is 5.91 Å². The Morgan fingerprint density at radius 1 is 1.53 bits per heavy atom. The van der Waals surface area contributed by atoms with Crippen LogP contribution in [-0.4, -0.2) is 26.2 Å². The molecule has 1 saturated carbocycles. The monoisotopic (exact) mass is 326 g/mol. The van der Waals surface area contributed by atoms with Crippen molar-refractivity contribution in [3.05, 3.63) is 28.2 Å². The van der Waals surface area contributed by atoms with Crippen LogP contribution in [-0.2, 0) is 4.74 Å². The van der Waals surface area contributed by atoms with Crippen LogP contribution in [0.15, 0.2) is 22.7 Å². The van der Waals surface area contributed by atoms with Crippen molar-refractivity contribution < 1.29 is 9.53 Å². The van der Waals surface area contributed by atoms with Gasteiger partial charge in [0.05, 0.1) is 5.56 Å². The number of benzene rings is 1. The molecule has 2 rings (SSSR count). The van der Waals surface area contributed by atoms with Gasteiger partial charge in [-0.25, -0.2) is 0 Å². The van der Waals surface area contributed by atoms with Crippen molar-refractivity contribution >= 4 is 27.5 Å². The van der Waals surface area contributed by atoms with E-state index >= 15 is 0 Å². The first-order valence-electron chi connectivity index (χ1n) is 6.38. The smallest absolute Gasteiger partial charge is 0.253 e. The number of nitrogens with one attached hydrogen (secondary N) is 1. The second-order valence-corrected chi connectivity index (χ2v) is 6.07. The summed E-state index contributed by atoms with van der Waals surface area (Å²) in [7, 11) is 1.71. The number of nitrogen functional groups attached to an aromatic ring is 1. The van der Waals surface area contributed by atoms with E-state index in [1.165, 1.54) is 0 Å². The van der Waals surface area contributed by atoms with Gasteiger partial charge in [-0.3, -0.25) is 4.79 Å². The summed E-state index contributed by atoms with van der Waals surface area (Å²) in [6.07, 6.45) is 3.31. The van der Waals surface area contributed by atoms with Crippen LogP contribution in [0.3, 0.4) is 0 Å². The fourth-order valence-electron chi connectivity index (χ4n) is 2.10. The number of anilines is 1. The molecule has 0 bridgehead atoms. The van der Waals surface area contributed by atoms with E-state index < -0.39 is 0 Å². The van der Waals surface area contributed by atoms with Crippen LogP contribution >= 0.6 is 15.9 Å². The number of rotatable bonds is 6. The van der Waals surface area contributed by atoms with Crippen molar-refractivity contribution in [2.24, 2.45) is 5.41 Å². The molecule has 1 amide bonds. The van der Waals surface area contributed by atoms with Crippen molar-refractivity contribution in [3.8, 4) is 0 Å². The van der Waals surface area contributed by atoms with E-state index in [-0.39, 0.29) is 11.3 Å². The summed E-state index contributed by atoms with van der Waals surface area (Å²) in [5.41, 5.74) is 7.09. The maximum atomic E-state index is 12.1. The van der Waals surface area contributed by atoms with Crippen LogP contribution in [0.25, 0.3) is 0 Å². The van der Waals surface area contributed by atoms with Crippen LogP contribution in [0.4, 0.5) is 5.69 Å². The second kappa shape index (κ2) is 5.92. The first kappa shape index (κ1) is 14.3. The highest BCUT2D eigenvalue weighted by Gasteiger charge is 2.42. The summed E-state index contributed by atoms with van der Waals surface area (Å²) in [5.74, 6) is -0.109. The Hall–Kier alpha value is -1.07. The van der Waals surface area contributed by atoms with Gasteiger partial charge in [-0.1, -0.05) is 15.9 Å². The number of amides is 1. The maximum Gasteiger partial charge on any atom is 0.253 e. The summed E-state index contributed by atoms with van der Waals surface area (Å²) in [5, 5.41) is 2.98. The molecule has 1 aromatic carbocycles. The lowest BCUT2D eigenvalue weighted by Gasteiger charge is -2.16. The average Bonchev–Trinajstić information content (AvgIpc) is 3.17. The maximum absolute atomic E-state index is 12.1. The van der Waals surface area contributed by atoms with Gasteiger partial charge < -0.3 is 15.8 Å². The highest BCUT2D eigenvalue weighted by molar-refractivity contribution is 9.10. The number of halogens is 1. The number of carbonyl (C=O) groups is 1. The molecule has 19 heavy (non-hydrogen) atoms. The standard InChI is InChI=1S/C14H19BrN2O2/c1-19-7-6-14(4-5-14)9-17-13(18)11-8-10(15)2-3-12(11)16/h2-3,8H,4-7,9,16H2,1H3,(H,17,18). The van der Waals surface area contributed by atoms with Gasteiger partial charge in [0.2, 0.25) is 0 Å². The summed E-state index contributed by atoms with van der Waals surface area (Å²) < 4.78 is 5.96. The lowest BCUT2D eigenvalue weighted by molar-refractivity contribution is 0.0939. The second-order valence-electron chi connectivity index (χ2n) is 5.16. The molecule has 0 aromatic heterocycles. The minimum atomic E-state index is -0.109. The third-order valence-corrected chi connectivity index (χ3v) is 4.17. The number of methoxy groups -OCH3 is 1. The minimum Gasteiger partial charge on any atom is -0.398 e. The third kappa shape index (κ3) is 3.70. The normalized spacial score (nSPS) is 16.1. The Bertz CT molecular complexity index is 473. The number of nitrogens with two attached hydrogens (primary N) is 1. The van der Waals surface area contributed by atoms with E-state index in [1.54, 1.807) is 19.2 Å². The van der Waals surface area contributed by atoms with Crippen molar-refractivity contribution in [2.45, 2.75) is 19.3 Å². The fourth-order valence-corrected chi connectivity index (χ4v) is 2.46. The molecular formula is C14H19BrN2O2. The molecule has 1 fully saturated rings. The van der Waals surface area contributed by atoms with Gasteiger partial charge in [0.15, 0.2) is 0 Å². The molecule has 0 radical (unpaired) electrons. The molecule has 4 nitrogen and oxygen atoms in total. The lowest BCUT2D eigenvalue weighted by Crippen LogP contribution is -2.31. The van der Waals surface area contributed by atoms with Gasteiger partial charge in [-0.2, -0.15) is 0 Å². The Morgan fingerprint density at radius 3 is 2.89 bits per heavy atom. The van der Waals surface area contributed by atoms with Crippen molar-refractivity contribution in [1.29, 1.82) is 0 Å². The van der Waals surface area contributed by atoms with Crippen LogP contribution in [0.5, 0.6) is 0 Å². The van der Waals surface area contributed by atoms with Gasteiger partial charge in [-0.15, -0.1) is 0 Å². The van der Waals surface area contributed by atoms with Crippen LogP contribution in [0.2, 0.25) is 0 Å². The molecule has 0 aliphatic heterocycles. The summed E-state index contributed by atoms with van der Waals surface area (Å²) >= 11 is 3.35. The third-order valence-electron chi connectivity index (χ3n) is 3.68. The zero-order valence-corrected chi connectivity index (χ0v) is 12.6. The van der Waals surface area contributed by atoms with E-state index in [4.69, 9.17) is 10.5 Å². The van der Waals surface area contributed by atoms with E-state index in [0.717, 1.165) is 30.3 Å². The van der Waals surface area contributed by atoms with Crippen molar-refractivity contribution in [3.63, 3.8) is 0 Å². The summed E-state index contributed by atoms with van der Waals surface area (Å²) in [6, 6.07) is 5.31. The molecule has 1 aromatic rings. The van der Waals surface area contributed by atoms with Crippen LogP contribution in [0, 0.1) is 5.41 Å². The lowest BCUT2D eigenvalue weighted by atomic mass is 10.0. The highest BCUT2D eigenvalue weighted by Crippen LogP contribution is 2.48. The number of carbonyl (C=O) groups excluding carboxylic acids is 1. The van der Waals surface area contributed by atoms with E-state index in [0.29, 0.717) is 17.8 Å². The van der Waals surface area contributed by atoms with E-state index in [9.17, 15) is 4.79 Å². The highest BCUT2D eigenvalue weighted by atomic mass is 79.9. The quantitative estimate of drug-likeness (QED) is 0.790. The first-order chi connectivity index (χ1) is 9.06. The molecule has 0 unspecified atom stereocenters. The number of hydrogen-bond acceptors (Lipinski definition) is 3. The molecule has 3 N–H and O–H groups in total. The molecule has 0 saturated heterocycles. The van der Waals surface area contributed by atoms with Gasteiger partial charge in [0, 0.05) is 30.4 Å². The summed E-state index contributed by atoms with van der Waals surface area (Å²) in [6.45, 7) is 1.44. The first-order valence-corrected chi connectivity index (χ1v) is 7.18. The van der Waals surface area contributed by atoms with E-state index in [2.05, 4.69) is 21.2 Å². The topological polar surface area (TPSA) is 64.3 Å². The van der Waals surface area contributed by atoms with E-state index in [1.807, 2.05) is 6.07 Å². The van der Waals surface area contributed by atoms with Crippen LogP contribution < -0.4 is 11.1 Å². The molecule has 0 spiro atoms. The largest absolute Gasteiger partial charge is 0.398 e. The minimum absolute atomic E-state index is 0.109.